The number of pyridine rings is 1. The Labute approximate surface area is 214 Å². The highest BCUT2D eigenvalue weighted by molar-refractivity contribution is 6.30. The first-order valence-corrected chi connectivity index (χ1v) is 12.5. The van der Waals surface area contributed by atoms with Crippen LogP contribution in [0.2, 0.25) is 5.02 Å². The highest BCUT2D eigenvalue weighted by Gasteiger charge is 2.31. The summed E-state index contributed by atoms with van der Waals surface area (Å²) in [6.45, 7) is 5.43. The Bertz CT molecular complexity index is 1330. The third-order valence-electron chi connectivity index (χ3n) is 6.31. The molecule has 0 radical (unpaired) electrons. The molecule has 0 aliphatic carbocycles. The number of ether oxygens (including phenoxy) is 2. The fourth-order valence-corrected chi connectivity index (χ4v) is 4.64. The van der Waals surface area contributed by atoms with Gasteiger partial charge in [0.15, 0.2) is 0 Å². The van der Waals surface area contributed by atoms with Crippen molar-refractivity contribution in [3.63, 3.8) is 0 Å². The molecule has 0 saturated carbocycles. The molecule has 1 aliphatic heterocycles. The van der Waals surface area contributed by atoms with Crippen LogP contribution in [0, 0.1) is 0 Å². The largest absolute Gasteiger partial charge is 0.432 e. The maximum absolute atomic E-state index is 14.3. The number of hydrogen-bond acceptors (Lipinski definition) is 4. The molecule has 1 saturated heterocycles. The topological polar surface area (TPSA) is 39.0 Å². The van der Waals surface area contributed by atoms with Crippen molar-refractivity contribution in [3.8, 4) is 28.1 Å². The monoisotopic (exact) mass is 511 g/mol. The Balaban J connectivity index is 1.59. The van der Waals surface area contributed by atoms with Crippen LogP contribution in [0.4, 0.5) is 8.78 Å². The molecule has 4 aromatic rings. The number of hydrogen-bond donors (Lipinski definition) is 0. The van der Waals surface area contributed by atoms with E-state index < -0.39 is 6.11 Å². The zero-order chi connectivity index (χ0) is 25.1. The molecule has 188 valence electrons. The van der Waals surface area contributed by atoms with Crippen LogP contribution in [0.15, 0.2) is 66.9 Å². The van der Waals surface area contributed by atoms with Crippen LogP contribution in [-0.2, 0) is 11.3 Å². The van der Waals surface area contributed by atoms with Gasteiger partial charge in [0, 0.05) is 47.5 Å². The second kappa shape index (κ2) is 10.5. The minimum atomic E-state index is -3.23. The van der Waals surface area contributed by atoms with Crippen LogP contribution >= 0.6 is 11.6 Å². The van der Waals surface area contributed by atoms with E-state index in [1.54, 1.807) is 25.1 Å². The lowest BCUT2D eigenvalue weighted by atomic mass is 10.1. The standard InChI is InChI=1S/C28H28ClF2N3O2/c1-2-13-28(30,31)36-25-6-4-3-5-23(25)21-9-12-26-32-27(20-7-10-22(29)11-8-20)24(34(26)18-21)19-33-14-16-35-17-15-33/h3-12,18H,2,13-17,19H2,1H3. The Morgan fingerprint density at radius 2 is 1.72 bits per heavy atom. The predicted octanol–water partition coefficient (Wildman–Crippen LogP) is 6.93. The van der Waals surface area contributed by atoms with E-state index in [0.717, 1.165) is 41.3 Å². The van der Waals surface area contributed by atoms with E-state index in [0.29, 0.717) is 36.8 Å². The van der Waals surface area contributed by atoms with Gasteiger partial charge in [0.2, 0.25) is 0 Å². The average molecular weight is 512 g/mol. The van der Waals surface area contributed by atoms with Gasteiger partial charge in [-0.3, -0.25) is 4.90 Å². The Morgan fingerprint density at radius 1 is 1.00 bits per heavy atom. The highest BCUT2D eigenvalue weighted by atomic mass is 35.5. The number of rotatable bonds is 8. The van der Waals surface area contributed by atoms with Crippen molar-refractivity contribution in [1.29, 1.82) is 0 Å². The summed E-state index contributed by atoms with van der Waals surface area (Å²) in [5.41, 5.74) is 5.01. The van der Waals surface area contributed by atoms with Crippen LogP contribution in [0.1, 0.15) is 25.5 Å². The summed E-state index contributed by atoms with van der Waals surface area (Å²) in [7, 11) is 0. The number of fused-ring (bicyclic) bond motifs is 1. The van der Waals surface area contributed by atoms with E-state index in [2.05, 4.69) is 9.30 Å². The molecule has 0 atom stereocenters. The fourth-order valence-electron chi connectivity index (χ4n) is 4.51. The number of halogens is 3. The van der Waals surface area contributed by atoms with Crippen molar-refractivity contribution < 1.29 is 18.3 Å². The van der Waals surface area contributed by atoms with Crippen LogP contribution in [0.5, 0.6) is 5.75 Å². The van der Waals surface area contributed by atoms with E-state index in [4.69, 9.17) is 26.1 Å². The maximum atomic E-state index is 14.3. The number of aromatic nitrogens is 2. The number of nitrogens with zero attached hydrogens (tertiary/aromatic N) is 3. The minimum Gasteiger partial charge on any atom is -0.432 e. The maximum Gasteiger partial charge on any atom is 0.397 e. The second-order valence-corrected chi connectivity index (χ2v) is 9.37. The molecule has 36 heavy (non-hydrogen) atoms. The van der Waals surface area contributed by atoms with Crippen LogP contribution < -0.4 is 4.74 Å². The molecule has 0 unspecified atom stereocenters. The SMILES string of the molecule is CCCC(F)(F)Oc1ccccc1-c1ccc2nc(-c3ccc(Cl)cc3)c(CN3CCOCC3)n2c1. The molecule has 0 spiro atoms. The van der Waals surface area contributed by atoms with Crippen LogP contribution in [-0.4, -0.2) is 46.7 Å². The van der Waals surface area contributed by atoms with Crippen LogP contribution in [0.3, 0.4) is 0 Å². The van der Waals surface area contributed by atoms with Gasteiger partial charge in [-0.1, -0.05) is 48.9 Å². The van der Waals surface area contributed by atoms with Gasteiger partial charge in [0.25, 0.3) is 0 Å². The summed E-state index contributed by atoms with van der Waals surface area (Å²) in [5.74, 6) is 0.156. The van der Waals surface area contributed by atoms with Gasteiger partial charge >= 0.3 is 6.11 Å². The first kappa shape index (κ1) is 24.7. The zero-order valence-electron chi connectivity index (χ0n) is 20.1. The van der Waals surface area contributed by atoms with Crippen LogP contribution in [0.25, 0.3) is 28.0 Å². The van der Waals surface area contributed by atoms with Crippen molar-refractivity contribution in [2.45, 2.75) is 32.4 Å². The third kappa shape index (κ3) is 5.38. The molecule has 8 heteroatoms. The number of benzene rings is 2. The lowest BCUT2D eigenvalue weighted by Crippen LogP contribution is -2.36. The molecule has 5 nitrogen and oxygen atoms in total. The molecule has 0 bridgehead atoms. The van der Waals surface area contributed by atoms with E-state index in [-0.39, 0.29) is 12.2 Å². The molecule has 1 aliphatic rings. The lowest BCUT2D eigenvalue weighted by molar-refractivity contribution is -0.180. The average Bonchev–Trinajstić information content (AvgIpc) is 3.22. The summed E-state index contributed by atoms with van der Waals surface area (Å²) in [4.78, 5) is 7.26. The number of imidazole rings is 1. The van der Waals surface area contributed by atoms with E-state index >= 15 is 0 Å². The summed E-state index contributed by atoms with van der Waals surface area (Å²) in [5, 5.41) is 0.663. The summed E-state index contributed by atoms with van der Waals surface area (Å²) >= 11 is 6.13. The quantitative estimate of drug-likeness (QED) is 0.257. The van der Waals surface area contributed by atoms with Crippen molar-refractivity contribution in [2.24, 2.45) is 0 Å². The molecule has 0 amide bonds. The van der Waals surface area contributed by atoms with Gasteiger partial charge in [-0.15, -0.1) is 0 Å². The second-order valence-electron chi connectivity index (χ2n) is 8.93. The fraction of sp³-hybridized carbons (Fsp3) is 0.321. The molecule has 3 heterocycles. The van der Waals surface area contributed by atoms with E-state index in [1.165, 1.54) is 0 Å². The highest BCUT2D eigenvalue weighted by Crippen LogP contribution is 2.36. The van der Waals surface area contributed by atoms with Gasteiger partial charge in [-0.05, 0) is 36.8 Å². The molecule has 2 aromatic carbocycles. The molecule has 2 aromatic heterocycles. The van der Waals surface area contributed by atoms with Gasteiger partial charge in [-0.2, -0.15) is 8.78 Å². The van der Waals surface area contributed by atoms with Gasteiger partial charge in [0.05, 0.1) is 31.0 Å². The number of para-hydroxylation sites is 1. The first-order valence-electron chi connectivity index (χ1n) is 12.2. The number of alkyl halides is 2. The van der Waals surface area contributed by atoms with Gasteiger partial charge < -0.3 is 13.9 Å². The summed E-state index contributed by atoms with van der Waals surface area (Å²) in [6.07, 6.45) is -1.28. The normalized spacial score (nSPS) is 14.9. The first-order chi connectivity index (χ1) is 17.4. The number of morpholine rings is 1. The molecule has 5 rings (SSSR count). The Hall–Kier alpha value is -3.00. The molecular formula is C28H28ClF2N3O2. The van der Waals surface area contributed by atoms with E-state index in [9.17, 15) is 8.78 Å². The smallest absolute Gasteiger partial charge is 0.397 e. The molecular weight excluding hydrogens is 484 g/mol. The van der Waals surface area contributed by atoms with Crippen molar-refractivity contribution in [1.82, 2.24) is 14.3 Å². The Kier molecular flexibility index (Phi) is 7.23. The van der Waals surface area contributed by atoms with Gasteiger partial charge in [0.1, 0.15) is 11.4 Å². The zero-order valence-corrected chi connectivity index (χ0v) is 20.8. The van der Waals surface area contributed by atoms with Crippen molar-refractivity contribution in [3.05, 3.63) is 77.6 Å². The summed E-state index contributed by atoms with van der Waals surface area (Å²) in [6, 6.07) is 18.4. The van der Waals surface area contributed by atoms with E-state index in [1.807, 2.05) is 48.7 Å². The third-order valence-corrected chi connectivity index (χ3v) is 6.56. The molecule has 0 N–H and O–H groups in total. The molecule has 1 fully saturated rings. The Morgan fingerprint density at radius 3 is 2.47 bits per heavy atom. The summed E-state index contributed by atoms with van der Waals surface area (Å²) < 4.78 is 41.4. The lowest BCUT2D eigenvalue weighted by Gasteiger charge is -2.26. The van der Waals surface area contributed by atoms with Crippen molar-refractivity contribution in [2.75, 3.05) is 26.3 Å². The van der Waals surface area contributed by atoms with Gasteiger partial charge in [-0.25, -0.2) is 4.98 Å². The predicted molar refractivity (Wildman–Crippen MR) is 138 cm³/mol. The van der Waals surface area contributed by atoms with Crippen molar-refractivity contribution >= 4 is 17.2 Å². The minimum absolute atomic E-state index is 0.156.